The van der Waals surface area contributed by atoms with Crippen LogP contribution in [0.15, 0.2) is 36.1 Å². The number of rotatable bonds is 4. The second kappa shape index (κ2) is 6.70. The van der Waals surface area contributed by atoms with Gasteiger partial charge in [-0.2, -0.15) is 0 Å². The number of esters is 1. The topological polar surface area (TPSA) is 51.3 Å². The van der Waals surface area contributed by atoms with Crippen LogP contribution >= 0.6 is 23.2 Å². The molecule has 1 heterocycles. The van der Waals surface area contributed by atoms with E-state index in [-0.39, 0.29) is 5.76 Å². The van der Waals surface area contributed by atoms with Crippen molar-refractivity contribution in [3.63, 3.8) is 0 Å². The highest BCUT2D eigenvalue weighted by Gasteiger charge is 2.08. The third-order valence-corrected chi connectivity index (χ3v) is 3.66. The lowest BCUT2D eigenvalue weighted by atomic mass is 10.2. The van der Waals surface area contributed by atoms with Gasteiger partial charge in [0.15, 0.2) is 0 Å². The summed E-state index contributed by atoms with van der Waals surface area (Å²) in [6, 6.07) is 5.46. The first-order valence-electron chi connectivity index (χ1n) is 6.04. The Kier molecular flexibility index (Phi) is 4.94. The Morgan fingerprint density at radius 2 is 2.00 bits per heavy atom. The summed E-state index contributed by atoms with van der Waals surface area (Å²) in [7, 11) is 2.70. The van der Waals surface area contributed by atoms with Crippen molar-refractivity contribution in [1.82, 2.24) is 4.98 Å². The molecule has 2 aromatic rings. The summed E-state index contributed by atoms with van der Waals surface area (Å²) in [5.74, 6) is -0.417. The van der Waals surface area contributed by atoms with Gasteiger partial charge in [0.1, 0.15) is 0 Å². The number of nitrogens with one attached hydrogen (secondary N) is 1. The standard InChI is InChI=1S/C15H13Cl2NO3/c1-20-13(15(19)21-2)5-3-4-9-8-10-12(18-9)7-6-11(16)14(10)17/h3-8,18H,1-2H3/b4-3+,13-5-. The molecule has 21 heavy (non-hydrogen) atoms. The van der Waals surface area contributed by atoms with Crippen molar-refractivity contribution < 1.29 is 14.3 Å². The Bertz CT molecular complexity index is 732. The van der Waals surface area contributed by atoms with E-state index in [2.05, 4.69) is 9.72 Å². The van der Waals surface area contributed by atoms with Crippen molar-refractivity contribution in [3.05, 3.63) is 51.8 Å². The van der Waals surface area contributed by atoms with Gasteiger partial charge in [0.25, 0.3) is 0 Å². The molecule has 0 aliphatic rings. The van der Waals surface area contributed by atoms with Gasteiger partial charge in [-0.1, -0.05) is 29.3 Å². The number of H-pyrrole nitrogens is 1. The Morgan fingerprint density at radius 1 is 1.24 bits per heavy atom. The maximum Gasteiger partial charge on any atom is 0.373 e. The summed E-state index contributed by atoms with van der Waals surface area (Å²) < 4.78 is 9.50. The van der Waals surface area contributed by atoms with E-state index in [0.717, 1.165) is 16.6 Å². The van der Waals surface area contributed by atoms with E-state index in [1.54, 1.807) is 18.2 Å². The number of allylic oxidation sites excluding steroid dienone is 2. The van der Waals surface area contributed by atoms with Gasteiger partial charge < -0.3 is 14.5 Å². The lowest BCUT2D eigenvalue weighted by Gasteiger charge is -2.00. The fourth-order valence-corrected chi connectivity index (χ4v) is 2.20. The zero-order valence-electron chi connectivity index (χ0n) is 11.4. The zero-order valence-corrected chi connectivity index (χ0v) is 13.0. The third-order valence-electron chi connectivity index (χ3n) is 2.84. The predicted molar refractivity (Wildman–Crippen MR) is 84.5 cm³/mol. The molecular formula is C15H13Cl2NO3. The number of carbonyl (C=O) groups is 1. The highest BCUT2D eigenvalue weighted by Crippen LogP contribution is 2.31. The van der Waals surface area contributed by atoms with Gasteiger partial charge in [0.2, 0.25) is 5.76 Å². The summed E-state index contributed by atoms with van der Waals surface area (Å²) >= 11 is 12.1. The van der Waals surface area contributed by atoms with Crippen LogP contribution in [0, 0.1) is 0 Å². The summed E-state index contributed by atoms with van der Waals surface area (Å²) in [4.78, 5) is 14.5. The van der Waals surface area contributed by atoms with Crippen molar-refractivity contribution in [1.29, 1.82) is 0 Å². The maximum absolute atomic E-state index is 11.3. The molecule has 1 aromatic carbocycles. The van der Waals surface area contributed by atoms with Gasteiger partial charge in [-0.15, -0.1) is 0 Å². The monoisotopic (exact) mass is 325 g/mol. The number of hydrogen-bond acceptors (Lipinski definition) is 3. The number of methoxy groups -OCH3 is 2. The van der Waals surface area contributed by atoms with E-state index in [0.29, 0.717) is 10.0 Å². The molecule has 0 amide bonds. The third kappa shape index (κ3) is 3.40. The first-order chi connectivity index (χ1) is 10.1. The quantitative estimate of drug-likeness (QED) is 0.397. The number of ether oxygens (including phenoxy) is 2. The van der Waals surface area contributed by atoms with Crippen molar-refractivity contribution in [3.8, 4) is 0 Å². The molecule has 2 rings (SSSR count). The lowest BCUT2D eigenvalue weighted by Crippen LogP contribution is -2.05. The Hall–Kier alpha value is -1.91. The number of aromatic amines is 1. The van der Waals surface area contributed by atoms with E-state index >= 15 is 0 Å². The SMILES string of the molecule is COC(=O)/C(=C/C=C/c1cc2c(Cl)c(Cl)ccc2[nH]1)OC. The van der Waals surface area contributed by atoms with Crippen LogP contribution in [-0.2, 0) is 14.3 Å². The smallest absolute Gasteiger partial charge is 0.373 e. The second-order valence-electron chi connectivity index (χ2n) is 4.13. The highest BCUT2D eigenvalue weighted by atomic mass is 35.5. The van der Waals surface area contributed by atoms with Gasteiger partial charge in [-0.3, -0.25) is 0 Å². The van der Waals surface area contributed by atoms with Crippen LogP contribution < -0.4 is 0 Å². The van der Waals surface area contributed by atoms with Crippen molar-refractivity contribution in [2.24, 2.45) is 0 Å². The molecule has 0 aliphatic carbocycles. The molecule has 6 heteroatoms. The minimum absolute atomic E-state index is 0.117. The fraction of sp³-hybridized carbons (Fsp3) is 0.133. The van der Waals surface area contributed by atoms with Crippen LogP contribution in [0.2, 0.25) is 10.0 Å². The number of fused-ring (bicyclic) bond motifs is 1. The summed E-state index contributed by atoms with van der Waals surface area (Å²) in [6.45, 7) is 0. The van der Waals surface area contributed by atoms with Crippen LogP contribution in [0.5, 0.6) is 0 Å². The van der Waals surface area contributed by atoms with E-state index in [9.17, 15) is 4.79 Å². The van der Waals surface area contributed by atoms with Crippen molar-refractivity contribution >= 4 is 46.2 Å². The number of hydrogen-bond donors (Lipinski definition) is 1. The molecule has 110 valence electrons. The average Bonchev–Trinajstić information content (AvgIpc) is 2.90. The maximum atomic E-state index is 11.3. The molecule has 0 aliphatic heterocycles. The molecule has 1 N–H and O–H groups in total. The molecule has 0 bridgehead atoms. The molecule has 0 radical (unpaired) electrons. The van der Waals surface area contributed by atoms with E-state index in [4.69, 9.17) is 27.9 Å². The van der Waals surface area contributed by atoms with Gasteiger partial charge in [0, 0.05) is 16.6 Å². The summed E-state index contributed by atoms with van der Waals surface area (Å²) in [6.07, 6.45) is 4.98. The van der Waals surface area contributed by atoms with Crippen LogP contribution in [0.1, 0.15) is 5.69 Å². The second-order valence-corrected chi connectivity index (χ2v) is 4.92. The Morgan fingerprint density at radius 3 is 2.67 bits per heavy atom. The van der Waals surface area contributed by atoms with Gasteiger partial charge in [-0.05, 0) is 30.4 Å². The number of carbonyl (C=O) groups excluding carboxylic acids is 1. The lowest BCUT2D eigenvalue weighted by molar-refractivity contribution is -0.139. The van der Waals surface area contributed by atoms with E-state index in [1.165, 1.54) is 20.3 Å². The molecule has 0 saturated heterocycles. The van der Waals surface area contributed by atoms with Crippen molar-refractivity contribution in [2.45, 2.75) is 0 Å². The first kappa shape index (κ1) is 15.5. The van der Waals surface area contributed by atoms with Gasteiger partial charge >= 0.3 is 5.97 Å². The molecule has 0 unspecified atom stereocenters. The number of aromatic nitrogens is 1. The minimum atomic E-state index is -0.534. The summed E-state index contributed by atoms with van der Waals surface area (Å²) in [5.41, 5.74) is 1.71. The van der Waals surface area contributed by atoms with E-state index < -0.39 is 5.97 Å². The molecule has 0 saturated carbocycles. The normalized spacial score (nSPS) is 12.1. The first-order valence-corrected chi connectivity index (χ1v) is 6.79. The molecular weight excluding hydrogens is 313 g/mol. The molecule has 1 aromatic heterocycles. The Balaban J connectivity index is 2.28. The van der Waals surface area contributed by atoms with Crippen LogP contribution in [-0.4, -0.2) is 25.2 Å². The molecule has 4 nitrogen and oxygen atoms in total. The number of benzene rings is 1. The molecule has 0 fully saturated rings. The van der Waals surface area contributed by atoms with Crippen LogP contribution in [0.4, 0.5) is 0 Å². The number of halogens is 2. The zero-order chi connectivity index (χ0) is 15.4. The van der Waals surface area contributed by atoms with Gasteiger partial charge in [-0.25, -0.2) is 4.79 Å². The molecule has 0 atom stereocenters. The Labute approximate surface area is 131 Å². The molecule has 0 spiro atoms. The average molecular weight is 326 g/mol. The van der Waals surface area contributed by atoms with Crippen molar-refractivity contribution in [2.75, 3.05) is 14.2 Å². The summed E-state index contributed by atoms with van der Waals surface area (Å²) in [5, 5.41) is 1.85. The predicted octanol–water partition coefficient (Wildman–Crippen LogP) is 4.19. The highest BCUT2D eigenvalue weighted by molar-refractivity contribution is 6.45. The van der Waals surface area contributed by atoms with Crippen LogP contribution in [0.3, 0.4) is 0 Å². The fourth-order valence-electron chi connectivity index (χ4n) is 1.81. The van der Waals surface area contributed by atoms with Crippen LogP contribution in [0.25, 0.3) is 17.0 Å². The van der Waals surface area contributed by atoms with Gasteiger partial charge in [0.05, 0.1) is 24.3 Å². The largest absolute Gasteiger partial charge is 0.490 e. The minimum Gasteiger partial charge on any atom is -0.490 e. The van der Waals surface area contributed by atoms with E-state index in [1.807, 2.05) is 12.1 Å².